The molecule has 0 saturated heterocycles. The summed E-state index contributed by atoms with van der Waals surface area (Å²) in [5.74, 6) is -0.905. The number of benzene rings is 1. The van der Waals surface area contributed by atoms with Gasteiger partial charge in [0.25, 0.3) is 0 Å². The molecule has 0 aliphatic rings. The monoisotopic (exact) mass is 299 g/mol. The first kappa shape index (κ1) is 11.8. The molecule has 0 fully saturated rings. The van der Waals surface area contributed by atoms with Crippen molar-refractivity contribution >= 4 is 33.1 Å². The fourth-order valence-corrected chi connectivity index (χ4v) is 1.73. The Morgan fingerprint density at radius 2 is 2.00 bits per heavy atom. The summed E-state index contributed by atoms with van der Waals surface area (Å²) in [5.41, 5.74) is 6.16. The predicted octanol–water partition coefficient (Wildman–Crippen LogP) is 3.45. The van der Waals surface area contributed by atoms with Crippen LogP contribution < -0.4 is 11.1 Å². The second-order valence-electron chi connectivity index (χ2n) is 3.35. The molecule has 1 aromatic carbocycles. The summed E-state index contributed by atoms with van der Waals surface area (Å²) in [5, 5.41) is 2.74. The molecule has 0 aliphatic heterocycles. The molecule has 88 valence electrons. The van der Waals surface area contributed by atoms with Crippen LogP contribution in [0, 0.1) is 11.6 Å². The number of pyridine rings is 1. The normalized spacial score (nSPS) is 10.3. The van der Waals surface area contributed by atoms with Crippen molar-refractivity contribution in [1.82, 2.24) is 4.98 Å². The smallest absolute Gasteiger partial charge is 0.149 e. The van der Waals surface area contributed by atoms with Gasteiger partial charge in [-0.1, -0.05) is 0 Å². The van der Waals surface area contributed by atoms with E-state index in [1.54, 1.807) is 6.07 Å². The van der Waals surface area contributed by atoms with Gasteiger partial charge in [-0.3, -0.25) is 0 Å². The average molecular weight is 300 g/mol. The molecular weight excluding hydrogens is 292 g/mol. The third-order valence-electron chi connectivity index (χ3n) is 2.05. The van der Waals surface area contributed by atoms with Crippen molar-refractivity contribution in [3.8, 4) is 0 Å². The van der Waals surface area contributed by atoms with Crippen LogP contribution >= 0.6 is 15.9 Å². The number of nitrogens with two attached hydrogens (primary N) is 1. The second-order valence-corrected chi connectivity index (χ2v) is 4.20. The van der Waals surface area contributed by atoms with E-state index in [9.17, 15) is 8.78 Å². The Kier molecular flexibility index (Phi) is 3.23. The van der Waals surface area contributed by atoms with Crippen LogP contribution in [0.2, 0.25) is 0 Å². The molecule has 0 bridgehead atoms. The molecule has 0 radical (unpaired) electrons. The molecule has 17 heavy (non-hydrogen) atoms. The van der Waals surface area contributed by atoms with Gasteiger partial charge in [-0.05, 0) is 34.1 Å². The van der Waals surface area contributed by atoms with Crippen LogP contribution in [-0.2, 0) is 0 Å². The number of nitrogens with zero attached hydrogens (tertiary/aromatic N) is 1. The number of halogens is 3. The molecule has 3 nitrogen and oxygen atoms in total. The highest BCUT2D eigenvalue weighted by molar-refractivity contribution is 9.10. The van der Waals surface area contributed by atoms with Gasteiger partial charge in [0.2, 0.25) is 0 Å². The molecule has 1 heterocycles. The van der Waals surface area contributed by atoms with Gasteiger partial charge in [0.15, 0.2) is 0 Å². The van der Waals surface area contributed by atoms with E-state index < -0.39 is 11.6 Å². The lowest BCUT2D eigenvalue weighted by Crippen LogP contribution is -1.98. The van der Waals surface area contributed by atoms with E-state index in [0.29, 0.717) is 16.0 Å². The Hall–Kier alpha value is -1.69. The first-order valence-corrected chi connectivity index (χ1v) is 5.48. The zero-order valence-corrected chi connectivity index (χ0v) is 10.1. The maximum atomic E-state index is 13.4. The molecule has 0 unspecified atom stereocenters. The number of hydrogen-bond acceptors (Lipinski definition) is 3. The first-order chi connectivity index (χ1) is 8.06. The highest BCUT2D eigenvalue weighted by atomic mass is 79.9. The van der Waals surface area contributed by atoms with Crippen LogP contribution in [0.15, 0.2) is 34.9 Å². The summed E-state index contributed by atoms with van der Waals surface area (Å²) in [6.45, 7) is 0. The Labute approximate surface area is 105 Å². The highest BCUT2D eigenvalue weighted by Gasteiger charge is 2.07. The minimum absolute atomic E-state index is 0.143. The van der Waals surface area contributed by atoms with E-state index in [4.69, 9.17) is 5.73 Å². The summed E-state index contributed by atoms with van der Waals surface area (Å²) < 4.78 is 26.7. The van der Waals surface area contributed by atoms with E-state index in [-0.39, 0.29) is 5.69 Å². The minimum atomic E-state index is -0.685. The van der Waals surface area contributed by atoms with Crippen molar-refractivity contribution in [2.45, 2.75) is 0 Å². The fraction of sp³-hybridized carbons (Fsp3) is 0. The Morgan fingerprint density at radius 3 is 2.65 bits per heavy atom. The van der Waals surface area contributed by atoms with Gasteiger partial charge in [0, 0.05) is 6.07 Å². The number of hydrogen-bond donors (Lipinski definition) is 2. The maximum Gasteiger partial charge on any atom is 0.149 e. The molecular formula is C11H8BrF2N3. The lowest BCUT2D eigenvalue weighted by molar-refractivity contribution is 0.586. The summed E-state index contributed by atoms with van der Waals surface area (Å²) in [6, 6.07) is 4.90. The van der Waals surface area contributed by atoms with Gasteiger partial charge in [-0.2, -0.15) is 0 Å². The third kappa shape index (κ3) is 2.71. The van der Waals surface area contributed by atoms with E-state index in [0.717, 1.165) is 12.1 Å². The largest absolute Gasteiger partial charge is 0.397 e. The van der Waals surface area contributed by atoms with E-state index in [1.165, 1.54) is 12.3 Å². The number of nitrogen functional groups attached to an aromatic ring is 1. The molecule has 0 spiro atoms. The van der Waals surface area contributed by atoms with Crippen LogP contribution in [-0.4, -0.2) is 4.98 Å². The Bertz CT molecular complexity index is 511. The zero-order valence-electron chi connectivity index (χ0n) is 8.55. The van der Waals surface area contributed by atoms with Crippen LogP contribution in [0.5, 0.6) is 0 Å². The van der Waals surface area contributed by atoms with Crippen LogP contribution in [0.25, 0.3) is 0 Å². The summed E-state index contributed by atoms with van der Waals surface area (Å²) in [4.78, 5) is 3.99. The summed E-state index contributed by atoms with van der Waals surface area (Å²) in [6.07, 6.45) is 1.44. The molecule has 0 saturated carbocycles. The number of aromatic nitrogens is 1. The molecule has 0 atom stereocenters. The molecule has 3 N–H and O–H groups in total. The van der Waals surface area contributed by atoms with Crippen LogP contribution in [0.1, 0.15) is 0 Å². The van der Waals surface area contributed by atoms with Gasteiger partial charge >= 0.3 is 0 Å². The number of nitrogens with one attached hydrogen (secondary N) is 1. The van der Waals surface area contributed by atoms with Crippen molar-refractivity contribution < 1.29 is 8.78 Å². The SMILES string of the molecule is Nc1cnc(Nc2ccc(F)cc2F)c(Br)c1. The van der Waals surface area contributed by atoms with E-state index in [2.05, 4.69) is 26.2 Å². The fourth-order valence-electron chi connectivity index (χ4n) is 1.26. The predicted molar refractivity (Wildman–Crippen MR) is 66.0 cm³/mol. The lowest BCUT2D eigenvalue weighted by Gasteiger charge is -2.08. The van der Waals surface area contributed by atoms with E-state index in [1.807, 2.05) is 0 Å². The van der Waals surface area contributed by atoms with Gasteiger partial charge in [-0.15, -0.1) is 0 Å². The summed E-state index contributed by atoms with van der Waals surface area (Å²) in [7, 11) is 0. The van der Waals surface area contributed by atoms with Gasteiger partial charge < -0.3 is 11.1 Å². The van der Waals surface area contributed by atoms with Crippen molar-refractivity contribution in [2.75, 3.05) is 11.1 Å². The number of anilines is 3. The third-order valence-corrected chi connectivity index (χ3v) is 2.65. The maximum absolute atomic E-state index is 13.4. The van der Waals surface area contributed by atoms with Crippen molar-refractivity contribution in [3.05, 3.63) is 46.6 Å². The second kappa shape index (κ2) is 4.67. The van der Waals surface area contributed by atoms with Crippen LogP contribution in [0.3, 0.4) is 0 Å². The minimum Gasteiger partial charge on any atom is -0.397 e. The van der Waals surface area contributed by atoms with Crippen molar-refractivity contribution in [2.24, 2.45) is 0 Å². The quantitative estimate of drug-likeness (QED) is 0.893. The van der Waals surface area contributed by atoms with Crippen LogP contribution in [0.4, 0.5) is 26.0 Å². The average Bonchev–Trinajstić information content (AvgIpc) is 2.25. The molecule has 2 aromatic rings. The van der Waals surface area contributed by atoms with Crippen molar-refractivity contribution in [1.29, 1.82) is 0 Å². The summed E-state index contributed by atoms with van der Waals surface area (Å²) >= 11 is 3.24. The molecule has 1 aromatic heterocycles. The molecule has 2 rings (SSSR count). The first-order valence-electron chi connectivity index (χ1n) is 4.69. The molecule has 6 heteroatoms. The molecule has 0 amide bonds. The lowest BCUT2D eigenvalue weighted by atomic mass is 10.3. The highest BCUT2D eigenvalue weighted by Crippen LogP contribution is 2.26. The zero-order chi connectivity index (χ0) is 12.4. The Balaban J connectivity index is 2.31. The van der Waals surface area contributed by atoms with Crippen molar-refractivity contribution in [3.63, 3.8) is 0 Å². The van der Waals surface area contributed by atoms with E-state index >= 15 is 0 Å². The topological polar surface area (TPSA) is 50.9 Å². The van der Waals surface area contributed by atoms with Gasteiger partial charge in [-0.25, -0.2) is 13.8 Å². The van der Waals surface area contributed by atoms with Gasteiger partial charge in [0.05, 0.1) is 22.0 Å². The standard InChI is InChI=1S/C11H8BrF2N3/c12-8-4-7(15)5-16-11(8)17-10-2-1-6(13)3-9(10)14/h1-5H,15H2,(H,16,17). The Morgan fingerprint density at radius 1 is 1.24 bits per heavy atom. The number of rotatable bonds is 2. The van der Waals surface area contributed by atoms with Gasteiger partial charge in [0.1, 0.15) is 17.5 Å². The molecule has 0 aliphatic carbocycles.